The molecule has 1 heterocycles. The van der Waals surface area contributed by atoms with Gasteiger partial charge in [-0.15, -0.1) is 0 Å². The summed E-state index contributed by atoms with van der Waals surface area (Å²) in [4.78, 5) is 28.3. The number of nitrogens with one attached hydrogen (secondary N) is 1. The first-order valence-electron chi connectivity index (χ1n) is 11.0. The largest absolute Gasteiger partial charge is 0.492 e. The van der Waals surface area contributed by atoms with Gasteiger partial charge in [0, 0.05) is 39.3 Å². The van der Waals surface area contributed by atoms with Gasteiger partial charge in [-0.3, -0.25) is 14.5 Å². The minimum atomic E-state index is -0.950. The number of allylic oxidation sites excluding steroid dienone is 2. The molecule has 3 rings (SSSR count). The Bertz CT molecular complexity index is 776. The van der Waals surface area contributed by atoms with Crippen LogP contribution in [0.25, 0.3) is 0 Å². The molecule has 170 valence electrons. The lowest BCUT2D eigenvalue weighted by Crippen LogP contribution is -2.50. The van der Waals surface area contributed by atoms with Crippen LogP contribution in [0.1, 0.15) is 19.8 Å². The number of piperazine rings is 1. The summed E-state index contributed by atoms with van der Waals surface area (Å²) in [6, 6.07) is 8.02. The molecular formula is C23H33N3O5. The number of para-hydroxylation sites is 2. The second-order valence-electron chi connectivity index (χ2n) is 8.08. The highest BCUT2D eigenvalue weighted by Gasteiger charge is 2.34. The molecule has 1 aromatic carbocycles. The van der Waals surface area contributed by atoms with E-state index in [1.807, 2.05) is 37.3 Å². The molecule has 0 saturated carbocycles. The van der Waals surface area contributed by atoms with Crippen molar-refractivity contribution in [2.24, 2.45) is 11.8 Å². The molecule has 3 atom stereocenters. The van der Waals surface area contributed by atoms with E-state index in [0.717, 1.165) is 37.6 Å². The van der Waals surface area contributed by atoms with Gasteiger partial charge in [0.2, 0.25) is 5.91 Å². The van der Waals surface area contributed by atoms with Gasteiger partial charge in [-0.2, -0.15) is 0 Å². The molecule has 3 N–H and O–H groups in total. The van der Waals surface area contributed by atoms with E-state index in [1.54, 1.807) is 0 Å². The molecule has 1 aliphatic heterocycles. The SMILES string of the molecule is CCOc1ccccc1N1CCN(CC(O)CNC(=O)C2CC=CCC2C(=O)O)CC1. The summed E-state index contributed by atoms with van der Waals surface area (Å²) in [6.07, 6.45) is 3.75. The maximum atomic E-state index is 12.4. The Kier molecular flexibility index (Phi) is 8.31. The molecule has 1 fully saturated rings. The first kappa shape index (κ1) is 23.1. The predicted octanol–water partition coefficient (Wildman–Crippen LogP) is 1.35. The number of carbonyl (C=O) groups is 2. The highest BCUT2D eigenvalue weighted by atomic mass is 16.5. The van der Waals surface area contributed by atoms with Crippen LogP contribution in [-0.4, -0.2) is 79.0 Å². The normalized spacial score (nSPS) is 22.7. The van der Waals surface area contributed by atoms with Crippen LogP contribution in [-0.2, 0) is 9.59 Å². The van der Waals surface area contributed by atoms with Gasteiger partial charge in [0.25, 0.3) is 0 Å². The molecule has 0 radical (unpaired) electrons. The average Bonchev–Trinajstić information content (AvgIpc) is 2.78. The molecule has 8 nitrogen and oxygen atoms in total. The summed E-state index contributed by atoms with van der Waals surface area (Å²) in [5.41, 5.74) is 1.09. The van der Waals surface area contributed by atoms with E-state index in [9.17, 15) is 19.8 Å². The highest BCUT2D eigenvalue weighted by molar-refractivity contribution is 5.85. The number of β-amino-alcohol motifs (C(OH)–C–C–N with tert-alkyl or cyclic N) is 1. The van der Waals surface area contributed by atoms with Crippen LogP contribution in [0.5, 0.6) is 5.75 Å². The molecule has 2 aliphatic rings. The molecule has 1 aromatic rings. The van der Waals surface area contributed by atoms with Crippen LogP contribution < -0.4 is 15.0 Å². The smallest absolute Gasteiger partial charge is 0.307 e. The van der Waals surface area contributed by atoms with Crippen molar-refractivity contribution in [1.82, 2.24) is 10.2 Å². The Morgan fingerprint density at radius 3 is 2.48 bits per heavy atom. The molecular weight excluding hydrogens is 398 g/mol. The van der Waals surface area contributed by atoms with Crippen molar-refractivity contribution in [3.05, 3.63) is 36.4 Å². The van der Waals surface area contributed by atoms with E-state index in [2.05, 4.69) is 21.2 Å². The zero-order valence-corrected chi connectivity index (χ0v) is 18.1. The fourth-order valence-electron chi connectivity index (χ4n) is 4.26. The fraction of sp³-hybridized carbons (Fsp3) is 0.565. The van der Waals surface area contributed by atoms with Crippen molar-refractivity contribution in [2.75, 3.05) is 50.8 Å². The molecule has 0 spiro atoms. The maximum absolute atomic E-state index is 12.4. The Labute approximate surface area is 183 Å². The number of anilines is 1. The van der Waals surface area contributed by atoms with Crippen LogP contribution in [0.2, 0.25) is 0 Å². The summed E-state index contributed by atoms with van der Waals surface area (Å²) in [5, 5.41) is 22.5. The number of amides is 1. The summed E-state index contributed by atoms with van der Waals surface area (Å²) in [7, 11) is 0. The number of hydrogen-bond donors (Lipinski definition) is 3. The number of benzene rings is 1. The number of carboxylic acid groups (broad SMARTS) is 1. The Hall–Kier alpha value is -2.58. The lowest BCUT2D eigenvalue weighted by atomic mass is 9.82. The standard InChI is InChI=1S/C23H33N3O5/c1-2-31-21-10-6-5-9-20(21)26-13-11-25(12-14-26)16-17(27)15-24-22(28)18-7-3-4-8-19(18)23(29)30/h3-6,9-10,17-19,27H,2,7-8,11-16H2,1H3,(H,24,28)(H,29,30). The first-order chi connectivity index (χ1) is 15.0. The van der Waals surface area contributed by atoms with E-state index in [4.69, 9.17) is 4.74 Å². The van der Waals surface area contributed by atoms with Gasteiger partial charge in [-0.25, -0.2) is 0 Å². The average molecular weight is 432 g/mol. The van der Waals surface area contributed by atoms with Crippen molar-refractivity contribution in [3.8, 4) is 5.75 Å². The van der Waals surface area contributed by atoms with E-state index in [1.165, 1.54) is 0 Å². The van der Waals surface area contributed by atoms with Gasteiger partial charge < -0.3 is 25.2 Å². The van der Waals surface area contributed by atoms with Crippen LogP contribution >= 0.6 is 0 Å². The van der Waals surface area contributed by atoms with Crippen LogP contribution in [0.4, 0.5) is 5.69 Å². The van der Waals surface area contributed by atoms with Crippen molar-refractivity contribution in [1.29, 1.82) is 0 Å². The highest BCUT2D eigenvalue weighted by Crippen LogP contribution is 2.29. The molecule has 31 heavy (non-hydrogen) atoms. The predicted molar refractivity (Wildman–Crippen MR) is 118 cm³/mol. The molecule has 8 heteroatoms. The number of carbonyl (C=O) groups excluding carboxylic acids is 1. The first-order valence-corrected chi connectivity index (χ1v) is 11.0. The molecule has 0 bridgehead atoms. The van der Waals surface area contributed by atoms with Crippen molar-refractivity contribution >= 4 is 17.6 Å². The summed E-state index contributed by atoms with van der Waals surface area (Å²) < 4.78 is 5.73. The second-order valence-corrected chi connectivity index (χ2v) is 8.08. The molecule has 3 unspecified atom stereocenters. The zero-order valence-electron chi connectivity index (χ0n) is 18.1. The number of nitrogens with zero attached hydrogens (tertiary/aromatic N) is 2. The monoisotopic (exact) mass is 431 g/mol. The second kappa shape index (κ2) is 11.2. The number of aliphatic hydroxyl groups is 1. The van der Waals surface area contributed by atoms with Crippen molar-refractivity contribution in [2.45, 2.75) is 25.9 Å². The van der Waals surface area contributed by atoms with E-state index >= 15 is 0 Å². The van der Waals surface area contributed by atoms with Gasteiger partial charge in [0.15, 0.2) is 0 Å². The number of rotatable bonds is 9. The number of aliphatic carboxylic acids is 1. The van der Waals surface area contributed by atoms with Gasteiger partial charge in [-0.1, -0.05) is 24.3 Å². The number of hydrogen-bond acceptors (Lipinski definition) is 6. The summed E-state index contributed by atoms with van der Waals surface area (Å²) in [5.74, 6) is -1.64. The Balaban J connectivity index is 1.43. The Morgan fingerprint density at radius 1 is 1.13 bits per heavy atom. The van der Waals surface area contributed by atoms with Gasteiger partial charge in [0.05, 0.1) is 30.2 Å². The van der Waals surface area contributed by atoms with E-state index in [0.29, 0.717) is 26.0 Å². The van der Waals surface area contributed by atoms with E-state index < -0.39 is 23.9 Å². The Morgan fingerprint density at radius 2 is 1.81 bits per heavy atom. The summed E-state index contributed by atoms with van der Waals surface area (Å²) >= 11 is 0. The third kappa shape index (κ3) is 6.21. The quantitative estimate of drug-likeness (QED) is 0.507. The van der Waals surface area contributed by atoms with Gasteiger partial charge >= 0.3 is 5.97 Å². The number of carboxylic acids is 1. The van der Waals surface area contributed by atoms with Crippen LogP contribution in [0.3, 0.4) is 0 Å². The molecule has 1 saturated heterocycles. The molecule has 1 aliphatic carbocycles. The van der Waals surface area contributed by atoms with Crippen LogP contribution in [0.15, 0.2) is 36.4 Å². The minimum absolute atomic E-state index is 0.124. The third-order valence-electron chi connectivity index (χ3n) is 5.95. The van der Waals surface area contributed by atoms with Gasteiger partial charge in [0.1, 0.15) is 5.75 Å². The van der Waals surface area contributed by atoms with Crippen LogP contribution in [0, 0.1) is 11.8 Å². The zero-order chi connectivity index (χ0) is 22.2. The lowest BCUT2D eigenvalue weighted by molar-refractivity contribution is -0.147. The van der Waals surface area contributed by atoms with Gasteiger partial charge in [-0.05, 0) is 31.9 Å². The van der Waals surface area contributed by atoms with Crippen molar-refractivity contribution in [3.63, 3.8) is 0 Å². The lowest BCUT2D eigenvalue weighted by Gasteiger charge is -2.37. The minimum Gasteiger partial charge on any atom is -0.492 e. The van der Waals surface area contributed by atoms with E-state index in [-0.39, 0.29) is 12.5 Å². The topological polar surface area (TPSA) is 102 Å². The maximum Gasteiger partial charge on any atom is 0.307 e. The summed E-state index contributed by atoms with van der Waals surface area (Å²) in [6.45, 7) is 6.46. The fourth-order valence-corrected chi connectivity index (χ4v) is 4.26. The van der Waals surface area contributed by atoms with Crippen molar-refractivity contribution < 1.29 is 24.5 Å². The molecule has 0 aromatic heterocycles. The molecule has 1 amide bonds. The number of ether oxygens (including phenoxy) is 1. The third-order valence-corrected chi connectivity index (χ3v) is 5.95. The number of aliphatic hydroxyl groups excluding tert-OH is 1.